The first-order valence-electron chi connectivity index (χ1n) is 5.18. The van der Waals surface area contributed by atoms with Crippen LogP contribution in [-0.2, 0) is 9.53 Å². The van der Waals surface area contributed by atoms with Crippen molar-refractivity contribution < 1.29 is 9.53 Å². The molecule has 4 heteroatoms. The maximum Gasteiger partial charge on any atom is 0.239 e. The Labute approximate surface area is 85.2 Å². The van der Waals surface area contributed by atoms with E-state index in [9.17, 15) is 4.79 Å². The fourth-order valence-electron chi connectivity index (χ4n) is 1.90. The van der Waals surface area contributed by atoms with E-state index in [1.807, 2.05) is 0 Å². The molecule has 1 aliphatic rings. The van der Waals surface area contributed by atoms with Crippen LogP contribution in [0.3, 0.4) is 0 Å². The minimum absolute atomic E-state index is 0.0917. The number of amides is 1. The summed E-state index contributed by atoms with van der Waals surface area (Å²) in [7, 11) is 1.55. The maximum absolute atomic E-state index is 11.5. The van der Waals surface area contributed by atoms with Gasteiger partial charge in [-0.3, -0.25) is 4.79 Å². The molecule has 3 N–H and O–H groups in total. The van der Waals surface area contributed by atoms with Gasteiger partial charge >= 0.3 is 0 Å². The highest BCUT2D eigenvalue weighted by atomic mass is 16.5. The third kappa shape index (κ3) is 3.27. The van der Waals surface area contributed by atoms with Crippen molar-refractivity contribution in [2.45, 2.75) is 38.3 Å². The SMILES string of the molecule is COCC(N)C(=O)NC1CCC(C)C1. The molecule has 0 aromatic heterocycles. The highest BCUT2D eigenvalue weighted by Crippen LogP contribution is 2.24. The number of carbonyl (C=O) groups is 1. The number of hydrogen-bond acceptors (Lipinski definition) is 3. The second-order valence-electron chi connectivity index (χ2n) is 4.19. The van der Waals surface area contributed by atoms with Gasteiger partial charge in [-0.1, -0.05) is 6.92 Å². The van der Waals surface area contributed by atoms with Gasteiger partial charge in [0.25, 0.3) is 0 Å². The molecule has 0 heterocycles. The highest BCUT2D eigenvalue weighted by Gasteiger charge is 2.24. The van der Waals surface area contributed by atoms with Crippen LogP contribution in [0.25, 0.3) is 0 Å². The van der Waals surface area contributed by atoms with Gasteiger partial charge in [-0.15, -0.1) is 0 Å². The van der Waals surface area contributed by atoms with Crippen molar-refractivity contribution in [2.75, 3.05) is 13.7 Å². The first-order valence-corrected chi connectivity index (χ1v) is 5.18. The second-order valence-corrected chi connectivity index (χ2v) is 4.19. The highest BCUT2D eigenvalue weighted by molar-refractivity contribution is 5.81. The number of carbonyl (C=O) groups excluding carboxylic acids is 1. The van der Waals surface area contributed by atoms with Crippen molar-refractivity contribution in [3.8, 4) is 0 Å². The van der Waals surface area contributed by atoms with Gasteiger partial charge in [0, 0.05) is 13.2 Å². The minimum Gasteiger partial charge on any atom is -0.383 e. The monoisotopic (exact) mass is 200 g/mol. The standard InChI is InChI=1S/C10H20N2O2/c1-7-3-4-8(5-7)12-10(13)9(11)6-14-2/h7-9H,3-6,11H2,1-2H3,(H,12,13). The predicted molar refractivity (Wildman–Crippen MR) is 54.8 cm³/mol. The van der Waals surface area contributed by atoms with E-state index >= 15 is 0 Å². The molecular formula is C10H20N2O2. The number of methoxy groups -OCH3 is 1. The predicted octanol–water partition coefficient (Wildman–Crippen LogP) is 0.265. The molecule has 0 spiro atoms. The average molecular weight is 200 g/mol. The van der Waals surface area contributed by atoms with E-state index in [2.05, 4.69) is 12.2 Å². The van der Waals surface area contributed by atoms with Gasteiger partial charge in [0.15, 0.2) is 0 Å². The summed E-state index contributed by atoms with van der Waals surface area (Å²) in [5, 5.41) is 2.95. The van der Waals surface area contributed by atoms with E-state index in [0.29, 0.717) is 6.04 Å². The molecule has 4 nitrogen and oxygen atoms in total. The second kappa shape index (κ2) is 5.32. The van der Waals surface area contributed by atoms with Gasteiger partial charge in [-0.25, -0.2) is 0 Å². The van der Waals surface area contributed by atoms with Crippen molar-refractivity contribution in [3.63, 3.8) is 0 Å². The zero-order chi connectivity index (χ0) is 10.6. The molecule has 0 radical (unpaired) electrons. The zero-order valence-corrected chi connectivity index (χ0v) is 8.95. The Morgan fingerprint density at radius 3 is 2.86 bits per heavy atom. The molecule has 1 amide bonds. The lowest BCUT2D eigenvalue weighted by Gasteiger charge is -2.16. The molecule has 1 fully saturated rings. The van der Waals surface area contributed by atoms with E-state index in [4.69, 9.17) is 10.5 Å². The zero-order valence-electron chi connectivity index (χ0n) is 8.95. The first-order chi connectivity index (χ1) is 6.63. The number of nitrogens with two attached hydrogens (primary N) is 1. The smallest absolute Gasteiger partial charge is 0.239 e. The van der Waals surface area contributed by atoms with Gasteiger partial charge in [0.2, 0.25) is 5.91 Å². The Morgan fingerprint density at radius 2 is 2.36 bits per heavy atom. The van der Waals surface area contributed by atoms with E-state index in [-0.39, 0.29) is 12.5 Å². The summed E-state index contributed by atoms with van der Waals surface area (Å²) in [6, 6.07) is -0.212. The van der Waals surface area contributed by atoms with Gasteiger partial charge < -0.3 is 15.8 Å². The van der Waals surface area contributed by atoms with E-state index in [0.717, 1.165) is 18.8 Å². The number of ether oxygens (including phenoxy) is 1. The molecule has 1 aliphatic carbocycles. The first kappa shape index (κ1) is 11.5. The molecule has 3 unspecified atom stereocenters. The quantitative estimate of drug-likeness (QED) is 0.684. The van der Waals surface area contributed by atoms with Crippen LogP contribution < -0.4 is 11.1 Å². The van der Waals surface area contributed by atoms with E-state index in [1.165, 1.54) is 6.42 Å². The van der Waals surface area contributed by atoms with Crippen LogP contribution in [0, 0.1) is 5.92 Å². The summed E-state index contributed by atoms with van der Waals surface area (Å²) >= 11 is 0. The average Bonchev–Trinajstić information content (AvgIpc) is 2.51. The number of hydrogen-bond donors (Lipinski definition) is 2. The van der Waals surface area contributed by atoms with Crippen molar-refractivity contribution in [1.29, 1.82) is 0 Å². The molecule has 14 heavy (non-hydrogen) atoms. The van der Waals surface area contributed by atoms with Crippen LogP contribution in [0.15, 0.2) is 0 Å². The topological polar surface area (TPSA) is 64.3 Å². The van der Waals surface area contributed by atoms with Crippen LogP contribution in [0.2, 0.25) is 0 Å². The lowest BCUT2D eigenvalue weighted by molar-refractivity contribution is -0.124. The molecule has 0 bridgehead atoms. The summed E-state index contributed by atoms with van der Waals surface area (Å²) in [5.41, 5.74) is 5.60. The normalized spacial score (nSPS) is 28.8. The molecule has 0 aliphatic heterocycles. The van der Waals surface area contributed by atoms with Crippen molar-refractivity contribution in [2.24, 2.45) is 11.7 Å². The Kier molecular flexibility index (Phi) is 4.35. The van der Waals surface area contributed by atoms with Crippen LogP contribution >= 0.6 is 0 Å². The molecule has 1 rings (SSSR count). The summed E-state index contributed by atoms with van der Waals surface area (Å²) in [5.74, 6) is 0.630. The van der Waals surface area contributed by atoms with Gasteiger partial charge in [0.1, 0.15) is 6.04 Å². The lowest BCUT2D eigenvalue weighted by Crippen LogP contribution is -2.46. The third-order valence-electron chi connectivity index (χ3n) is 2.72. The minimum atomic E-state index is -0.532. The Bertz CT molecular complexity index is 197. The molecular weight excluding hydrogens is 180 g/mol. The Hall–Kier alpha value is -0.610. The third-order valence-corrected chi connectivity index (χ3v) is 2.72. The molecule has 0 saturated heterocycles. The van der Waals surface area contributed by atoms with Gasteiger partial charge in [-0.05, 0) is 25.2 Å². The van der Waals surface area contributed by atoms with Crippen molar-refractivity contribution >= 4 is 5.91 Å². The molecule has 0 aromatic rings. The summed E-state index contributed by atoms with van der Waals surface area (Å²) in [6.07, 6.45) is 3.35. The lowest BCUT2D eigenvalue weighted by atomic mass is 10.1. The van der Waals surface area contributed by atoms with Gasteiger partial charge in [-0.2, -0.15) is 0 Å². The fourth-order valence-corrected chi connectivity index (χ4v) is 1.90. The molecule has 82 valence electrons. The number of nitrogens with one attached hydrogen (secondary N) is 1. The number of rotatable bonds is 4. The van der Waals surface area contributed by atoms with E-state index in [1.54, 1.807) is 7.11 Å². The van der Waals surface area contributed by atoms with Crippen molar-refractivity contribution in [3.05, 3.63) is 0 Å². The molecule has 3 atom stereocenters. The Balaban J connectivity index is 2.26. The van der Waals surface area contributed by atoms with Crippen LogP contribution in [0.4, 0.5) is 0 Å². The largest absolute Gasteiger partial charge is 0.383 e. The maximum atomic E-state index is 11.5. The summed E-state index contributed by atoms with van der Waals surface area (Å²) in [4.78, 5) is 11.5. The molecule has 0 aromatic carbocycles. The van der Waals surface area contributed by atoms with Crippen LogP contribution in [0.5, 0.6) is 0 Å². The van der Waals surface area contributed by atoms with Crippen LogP contribution in [-0.4, -0.2) is 31.7 Å². The van der Waals surface area contributed by atoms with Crippen molar-refractivity contribution in [1.82, 2.24) is 5.32 Å². The van der Waals surface area contributed by atoms with Crippen LogP contribution in [0.1, 0.15) is 26.2 Å². The summed E-state index contributed by atoms with van der Waals surface area (Å²) < 4.78 is 4.82. The Morgan fingerprint density at radius 1 is 1.64 bits per heavy atom. The van der Waals surface area contributed by atoms with Gasteiger partial charge in [0.05, 0.1) is 6.61 Å². The molecule has 1 saturated carbocycles. The summed E-state index contributed by atoms with van der Waals surface area (Å²) in [6.45, 7) is 2.50. The fraction of sp³-hybridized carbons (Fsp3) is 0.900. The van der Waals surface area contributed by atoms with E-state index < -0.39 is 6.04 Å².